The van der Waals surface area contributed by atoms with E-state index >= 15 is 0 Å². The van der Waals surface area contributed by atoms with Crippen LogP contribution in [-0.4, -0.2) is 11.1 Å². The zero-order valence-electron chi connectivity index (χ0n) is 14.6. The maximum Gasteiger partial charge on any atom is 0.303 e. The molecule has 2 heteroatoms. The Bertz CT molecular complexity index is 292. The maximum atomic E-state index is 10.3. The van der Waals surface area contributed by atoms with Crippen LogP contribution in [0.1, 0.15) is 96.8 Å². The van der Waals surface area contributed by atoms with E-state index in [0.717, 1.165) is 38.5 Å². The van der Waals surface area contributed by atoms with E-state index in [-0.39, 0.29) is 0 Å². The number of carbonyl (C=O) groups is 1. The van der Waals surface area contributed by atoms with Crippen molar-refractivity contribution in [2.45, 2.75) is 96.8 Å². The van der Waals surface area contributed by atoms with Gasteiger partial charge in [-0.2, -0.15) is 0 Å². The molecule has 0 aliphatic rings. The van der Waals surface area contributed by atoms with E-state index in [4.69, 9.17) is 5.11 Å². The minimum absolute atomic E-state index is 0.313. The van der Waals surface area contributed by atoms with Crippen LogP contribution in [0.4, 0.5) is 0 Å². The Hall–Kier alpha value is -1.05. The molecule has 0 aliphatic heterocycles. The van der Waals surface area contributed by atoms with E-state index in [9.17, 15) is 4.79 Å². The van der Waals surface area contributed by atoms with Crippen molar-refractivity contribution in [1.29, 1.82) is 0 Å². The van der Waals surface area contributed by atoms with Crippen LogP contribution in [0.3, 0.4) is 0 Å². The molecule has 0 unspecified atom stereocenters. The summed E-state index contributed by atoms with van der Waals surface area (Å²) in [7, 11) is 0. The topological polar surface area (TPSA) is 37.3 Å². The molecule has 0 rings (SSSR count). The Morgan fingerprint density at radius 2 is 1.14 bits per heavy atom. The molecule has 0 amide bonds. The third-order valence-corrected chi connectivity index (χ3v) is 3.82. The van der Waals surface area contributed by atoms with Crippen LogP contribution in [-0.2, 0) is 4.79 Å². The minimum Gasteiger partial charge on any atom is -0.481 e. The van der Waals surface area contributed by atoms with E-state index in [1.165, 1.54) is 44.9 Å². The van der Waals surface area contributed by atoms with Crippen LogP contribution >= 0.6 is 0 Å². The molecular formula is C20H36O2. The summed E-state index contributed by atoms with van der Waals surface area (Å²) >= 11 is 0. The van der Waals surface area contributed by atoms with Gasteiger partial charge in [-0.25, -0.2) is 0 Å². The molecule has 0 saturated heterocycles. The second kappa shape index (κ2) is 18.0. The lowest BCUT2D eigenvalue weighted by atomic mass is 10.1. The van der Waals surface area contributed by atoms with Crippen molar-refractivity contribution in [2.75, 3.05) is 0 Å². The zero-order valence-corrected chi connectivity index (χ0v) is 14.6. The first kappa shape index (κ1) is 20.9. The van der Waals surface area contributed by atoms with Gasteiger partial charge in [0, 0.05) is 6.42 Å². The second-order valence-corrected chi connectivity index (χ2v) is 6.07. The highest BCUT2D eigenvalue weighted by atomic mass is 16.4. The van der Waals surface area contributed by atoms with Crippen molar-refractivity contribution in [2.24, 2.45) is 0 Å². The summed E-state index contributed by atoms with van der Waals surface area (Å²) in [6.07, 6.45) is 25.2. The summed E-state index contributed by atoms with van der Waals surface area (Å²) < 4.78 is 0. The Kier molecular flexibility index (Phi) is 17.1. The molecule has 0 radical (unpaired) electrons. The van der Waals surface area contributed by atoms with Crippen molar-refractivity contribution in [3.8, 4) is 0 Å². The largest absolute Gasteiger partial charge is 0.481 e. The van der Waals surface area contributed by atoms with Crippen molar-refractivity contribution < 1.29 is 9.90 Å². The van der Waals surface area contributed by atoms with Crippen LogP contribution in [0.15, 0.2) is 24.3 Å². The first-order valence-corrected chi connectivity index (χ1v) is 9.29. The monoisotopic (exact) mass is 308 g/mol. The van der Waals surface area contributed by atoms with Gasteiger partial charge in [-0.05, 0) is 44.9 Å². The fourth-order valence-electron chi connectivity index (χ4n) is 2.42. The molecule has 0 aromatic rings. The number of hydrogen-bond acceptors (Lipinski definition) is 1. The molecule has 0 aliphatic carbocycles. The van der Waals surface area contributed by atoms with Crippen molar-refractivity contribution >= 4 is 5.97 Å². The minimum atomic E-state index is -0.678. The fourth-order valence-corrected chi connectivity index (χ4v) is 2.42. The molecule has 22 heavy (non-hydrogen) atoms. The Morgan fingerprint density at radius 1 is 0.682 bits per heavy atom. The van der Waals surface area contributed by atoms with E-state index in [1.807, 2.05) is 0 Å². The van der Waals surface area contributed by atoms with Gasteiger partial charge in [0.2, 0.25) is 0 Å². The number of carboxylic acid groups (broad SMARTS) is 1. The smallest absolute Gasteiger partial charge is 0.303 e. The quantitative estimate of drug-likeness (QED) is 0.255. The van der Waals surface area contributed by atoms with E-state index in [1.54, 1.807) is 0 Å². The van der Waals surface area contributed by atoms with Gasteiger partial charge in [-0.15, -0.1) is 0 Å². The summed E-state index contributed by atoms with van der Waals surface area (Å²) in [5, 5.41) is 8.52. The number of unbranched alkanes of at least 4 members (excludes halogenated alkanes) is 10. The summed E-state index contributed by atoms with van der Waals surface area (Å²) in [4.78, 5) is 10.3. The van der Waals surface area contributed by atoms with E-state index < -0.39 is 5.97 Å². The summed E-state index contributed by atoms with van der Waals surface area (Å²) in [5.74, 6) is -0.678. The van der Waals surface area contributed by atoms with Crippen LogP contribution in [0.25, 0.3) is 0 Å². The molecular weight excluding hydrogens is 272 g/mol. The summed E-state index contributed by atoms with van der Waals surface area (Å²) in [6, 6.07) is 0. The van der Waals surface area contributed by atoms with Crippen LogP contribution < -0.4 is 0 Å². The SMILES string of the molecule is CCCCCCCCC=CCCC=CCCCCCC(=O)O. The molecule has 0 bridgehead atoms. The van der Waals surface area contributed by atoms with Crippen LogP contribution in [0.5, 0.6) is 0 Å². The molecule has 0 fully saturated rings. The van der Waals surface area contributed by atoms with Gasteiger partial charge in [-0.1, -0.05) is 69.8 Å². The van der Waals surface area contributed by atoms with E-state index in [0.29, 0.717) is 6.42 Å². The summed E-state index contributed by atoms with van der Waals surface area (Å²) in [6.45, 7) is 2.26. The Balaban J connectivity index is 3.18. The molecule has 0 saturated carbocycles. The maximum absolute atomic E-state index is 10.3. The highest BCUT2D eigenvalue weighted by Gasteiger charge is 1.94. The predicted octanol–water partition coefficient (Wildman–Crippen LogP) is 6.66. The van der Waals surface area contributed by atoms with E-state index in [2.05, 4.69) is 31.2 Å². The summed E-state index contributed by atoms with van der Waals surface area (Å²) in [5.41, 5.74) is 0. The lowest BCUT2D eigenvalue weighted by Gasteiger charge is -1.97. The third-order valence-electron chi connectivity index (χ3n) is 3.82. The standard InChI is InChI=1S/C20H36O2/c1-2-3-4-5-6-7-8-9-10-11-12-13-14-15-16-17-18-19-20(21)22/h9-10,13-14H,2-8,11-12,15-19H2,1H3,(H,21,22). The Labute approximate surface area is 137 Å². The van der Waals surface area contributed by atoms with Crippen LogP contribution in [0, 0.1) is 0 Å². The first-order valence-electron chi connectivity index (χ1n) is 9.29. The number of rotatable bonds is 16. The molecule has 0 spiro atoms. The average molecular weight is 309 g/mol. The normalized spacial score (nSPS) is 11.7. The van der Waals surface area contributed by atoms with Gasteiger partial charge < -0.3 is 5.11 Å². The lowest BCUT2D eigenvalue weighted by molar-refractivity contribution is -0.137. The molecule has 128 valence electrons. The van der Waals surface area contributed by atoms with Crippen molar-refractivity contribution in [1.82, 2.24) is 0 Å². The van der Waals surface area contributed by atoms with Gasteiger partial charge in [0.05, 0.1) is 0 Å². The lowest BCUT2D eigenvalue weighted by Crippen LogP contribution is -1.93. The second-order valence-electron chi connectivity index (χ2n) is 6.07. The molecule has 2 nitrogen and oxygen atoms in total. The molecule has 0 aromatic carbocycles. The highest BCUT2D eigenvalue weighted by molar-refractivity contribution is 5.66. The van der Waals surface area contributed by atoms with Gasteiger partial charge >= 0.3 is 5.97 Å². The predicted molar refractivity (Wildman–Crippen MR) is 96.2 cm³/mol. The van der Waals surface area contributed by atoms with Gasteiger partial charge in [-0.3, -0.25) is 4.79 Å². The van der Waals surface area contributed by atoms with Crippen LogP contribution in [0.2, 0.25) is 0 Å². The molecule has 0 atom stereocenters. The van der Waals surface area contributed by atoms with Gasteiger partial charge in [0.1, 0.15) is 0 Å². The van der Waals surface area contributed by atoms with Crippen molar-refractivity contribution in [3.63, 3.8) is 0 Å². The highest BCUT2D eigenvalue weighted by Crippen LogP contribution is 2.08. The van der Waals surface area contributed by atoms with Gasteiger partial charge in [0.25, 0.3) is 0 Å². The Morgan fingerprint density at radius 3 is 1.68 bits per heavy atom. The number of hydrogen-bond donors (Lipinski definition) is 1. The molecule has 1 N–H and O–H groups in total. The number of carboxylic acids is 1. The van der Waals surface area contributed by atoms with Crippen molar-refractivity contribution in [3.05, 3.63) is 24.3 Å². The number of aliphatic carboxylic acids is 1. The third kappa shape index (κ3) is 18.9. The first-order chi connectivity index (χ1) is 10.8. The zero-order chi connectivity index (χ0) is 16.3. The number of allylic oxidation sites excluding steroid dienone is 4. The van der Waals surface area contributed by atoms with Gasteiger partial charge in [0.15, 0.2) is 0 Å². The molecule has 0 heterocycles. The average Bonchev–Trinajstić information content (AvgIpc) is 2.50. The molecule has 0 aromatic heterocycles. The fraction of sp³-hybridized carbons (Fsp3) is 0.750.